The Kier molecular flexibility index (Phi) is 3.94. The van der Waals surface area contributed by atoms with E-state index in [2.05, 4.69) is 25.6 Å². The van der Waals surface area contributed by atoms with Gasteiger partial charge in [-0.3, -0.25) is 4.98 Å². The third-order valence-corrected chi connectivity index (χ3v) is 5.31. The minimum atomic E-state index is 0.767. The summed E-state index contributed by atoms with van der Waals surface area (Å²) in [7, 11) is 0. The lowest BCUT2D eigenvalue weighted by molar-refractivity contribution is 0.0521. The van der Waals surface area contributed by atoms with Crippen molar-refractivity contribution in [2.24, 2.45) is 5.92 Å². The third-order valence-electron chi connectivity index (χ3n) is 5.31. The molecular formula is C18H24N4. The van der Waals surface area contributed by atoms with E-state index in [1.54, 1.807) is 0 Å². The molecule has 2 aromatic rings. The van der Waals surface area contributed by atoms with E-state index in [9.17, 15) is 0 Å². The Morgan fingerprint density at radius 1 is 1.00 bits per heavy atom. The van der Waals surface area contributed by atoms with Crippen molar-refractivity contribution in [3.8, 4) is 11.4 Å². The van der Waals surface area contributed by atoms with Crippen molar-refractivity contribution in [1.82, 2.24) is 19.4 Å². The lowest BCUT2D eigenvalue weighted by Gasteiger charge is -2.44. The molecular weight excluding hydrogens is 272 g/mol. The zero-order valence-electron chi connectivity index (χ0n) is 13.1. The van der Waals surface area contributed by atoms with Gasteiger partial charge in [-0.2, -0.15) is 0 Å². The summed E-state index contributed by atoms with van der Waals surface area (Å²) in [5, 5.41) is 0. The molecule has 0 aliphatic carbocycles. The molecule has 0 bridgehead atoms. The van der Waals surface area contributed by atoms with Gasteiger partial charge in [-0.15, -0.1) is 0 Å². The van der Waals surface area contributed by atoms with Crippen molar-refractivity contribution < 1.29 is 0 Å². The molecule has 116 valence electrons. The number of nitrogens with zero attached hydrogens (tertiary/aromatic N) is 4. The summed E-state index contributed by atoms with van der Waals surface area (Å²) >= 11 is 0. The highest BCUT2D eigenvalue weighted by atomic mass is 15.2. The zero-order chi connectivity index (χ0) is 14.8. The monoisotopic (exact) mass is 296 g/mol. The zero-order valence-corrected chi connectivity index (χ0v) is 13.1. The van der Waals surface area contributed by atoms with Crippen LogP contribution in [0.15, 0.2) is 36.9 Å². The van der Waals surface area contributed by atoms with Crippen molar-refractivity contribution in [3.63, 3.8) is 0 Å². The van der Waals surface area contributed by atoms with E-state index in [0.717, 1.165) is 29.9 Å². The van der Waals surface area contributed by atoms with Crippen LogP contribution >= 0.6 is 0 Å². The van der Waals surface area contributed by atoms with Crippen LogP contribution in [0, 0.1) is 5.92 Å². The van der Waals surface area contributed by atoms with E-state index < -0.39 is 0 Å². The SMILES string of the molecule is c1cc(-c2nccn2C[C@@H]2CCCN3CCCC[C@H]23)ccn1. The lowest BCUT2D eigenvalue weighted by atomic mass is 9.83. The molecule has 4 heterocycles. The van der Waals surface area contributed by atoms with Crippen LogP contribution in [0.3, 0.4) is 0 Å². The number of pyridine rings is 1. The van der Waals surface area contributed by atoms with Crippen LogP contribution in [-0.4, -0.2) is 38.6 Å². The van der Waals surface area contributed by atoms with Crippen molar-refractivity contribution in [1.29, 1.82) is 0 Å². The number of imidazole rings is 1. The van der Waals surface area contributed by atoms with Crippen molar-refractivity contribution >= 4 is 0 Å². The molecule has 22 heavy (non-hydrogen) atoms. The molecule has 2 fully saturated rings. The van der Waals surface area contributed by atoms with E-state index in [-0.39, 0.29) is 0 Å². The lowest BCUT2D eigenvalue weighted by Crippen LogP contribution is -2.49. The number of hydrogen-bond donors (Lipinski definition) is 0. The highest BCUT2D eigenvalue weighted by molar-refractivity contribution is 5.54. The van der Waals surface area contributed by atoms with E-state index >= 15 is 0 Å². The molecule has 0 spiro atoms. The Balaban J connectivity index is 1.55. The van der Waals surface area contributed by atoms with E-state index in [0.29, 0.717) is 0 Å². The van der Waals surface area contributed by atoms with Crippen LogP contribution in [0.2, 0.25) is 0 Å². The van der Waals surface area contributed by atoms with Crippen molar-refractivity contribution in [3.05, 3.63) is 36.9 Å². The summed E-state index contributed by atoms with van der Waals surface area (Å²) < 4.78 is 2.35. The largest absolute Gasteiger partial charge is 0.331 e. The Bertz CT molecular complexity index is 605. The predicted molar refractivity (Wildman–Crippen MR) is 87.4 cm³/mol. The summed E-state index contributed by atoms with van der Waals surface area (Å²) in [6.07, 6.45) is 14.6. The van der Waals surface area contributed by atoms with Crippen LogP contribution in [0.25, 0.3) is 11.4 Å². The summed E-state index contributed by atoms with van der Waals surface area (Å²) in [6.45, 7) is 3.71. The fraction of sp³-hybridized carbons (Fsp3) is 0.556. The summed E-state index contributed by atoms with van der Waals surface area (Å²) in [5.74, 6) is 1.85. The number of piperidine rings is 2. The fourth-order valence-electron chi connectivity index (χ4n) is 4.26. The Labute approximate surface area is 132 Å². The summed E-state index contributed by atoms with van der Waals surface area (Å²) in [4.78, 5) is 11.4. The number of rotatable bonds is 3. The van der Waals surface area contributed by atoms with Crippen LogP contribution in [0.4, 0.5) is 0 Å². The molecule has 4 nitrogen and oxygen atoms in total. The van der Waals surface area contributed by atoms with Crippen LogP contribution in [0.5, 0.6) is 0 Å². The maximum atomic E-state index is 4.58. The summed E-state index contributed by atoms with van der Waals surface area (Å²) in [5.41, 5.74) is 1.16. The molecule has 4 heteroatoms. The molecule has 0 radical (unpaired) electrons. The van der Waals surface area contributed by atoms with Crippen LogP contribution in [-0.2, 0) is 6.54 Å². The molecule has 0 unspecified atom stereocenters. The molecule has 0 N–H and O–H groups in total. The predicted octanol–water partition coefficient (Wildman–Crippen LogP) is 3.21. The maximum absolute atomic E-state index is 4.58. The van der Waals surface area contributed by atoms with Gasteiger partial charge in [0.05, 0.1) is 0 Å². The van der Waals surface area contributed by atoms with Gasteiger partial charge < -0.3 is 9.47 Å². The van der Waals surface area contributed by atoms with Gasteiger partial charge >= 0.3 is 0 Å². The first-order chi connectivity index (χ1) is 10.9. The Hall–Kier alpha value is -1.68. The molecule has 2 saturated heterocycles. The average molecular weight is 296 g/mol. The molecule has 2 aliphatic heterocycles. The highest BCUT2D eigenvalue weighted by Gasteiger charge is 2.33. The minimum Gasteiger partial charge on any atom is -0.331 e. The van der Waals surface area contributed by atoms with Gasteiger partial charge in [0.25, 0.3) is 0 Å². The minimum absolute atomic E-state index is 0.767. The smallest absolute Gasteiger partial charge is 0.139 e. The number of hydrogen-bond acceptors (Lipinski definition) is 3. The van der Waals surface area contributed by atoms with E-state index in [1.165, 1.54) is 45.2 Å². The standard InChI is InChI=1S/C18H24N4/c1-2-11-21-12-3-4-16(17(21)5-1)14-22-13-10-20-18(22)15-6-8-19-9-7-15/h6-10,13,16-17H,1-5,11-12,14H2/t16-,17+/m0/s1. The average Bonchev–Trinajstić information content (AvgIpc) is 3.04. The molecule has 0 aromatic carbocycles. The van der Waals surface area contributed by atoms with Gasteiger partial charge in [-0.25, -0.2) is 4.98 Å². The molecule has 2 aromatic heterocycles. The van der Waals surface area contributed by atoms with Gasteiger partial charge in [0.15, 0.2) is 0 Å². The molecule has 4 rings (SSSR count). The summed E-state index contributed by atoms with van der Waals surface area (Å²) in [6, 6.07) is 4.88. The first-order valence-corrected chi connectivity index (χ1v) is 8.57. The first-order valence-electron chi connectivity index (χ1n) is 8.57. The van der Waals surface area contributed by atoms with Gasteiger partial charge in [0.1, 0.15) is 5.82 Å². The second kappa shape index (κ2) is 6.21. The van der Waals surface area contributed by atoms with E-state index in [4.69, 9.17) is 0 Å². The fourth-order valence-corrected chi connectivity index (χ4v) is 4.26. The van der Waals surface area contributed by atoms with Crippen LogP contribution < -0.4 is 0 Å². The normalized spacial score (nSPS) is 25.8. The number of fused-ring (bicyclic) bond motifs is 1. The molecule has 0 saturated carbocycles. The van der Waals surface area contributed by atoms with Gasteiger partial charge in [0.2, 0.25) is 0 Å². The molecule has 2 atom stereocenters. The first kappa shape index (κ1) is 13.9. The van der Waals surface area contributed by atoms with Crippen LogP contribution in [0.1, 0.15) is 32.1 Å². The molecule has 0 amide bonds. The second-order valence-corrected chi connectivity index (χ2v) is 6.64. The van der Waals surface area contributed by atoms with Gasteiger partial charge in [-0.1, -0.05) is 6.42 Å². The van der Waals surface area contributed by atoms with Gasteiger partial charge in [-0.05, 0) is 56.8 Å². The maximum Gasteiger partial charge on any atom is 0.139 e. The van der Waals surface area contributed by atoms with Gasteiger partial charge in [0, 0.05) is 42.9 Å². The second-order valence-electron chi connectivity index (χ2n) is 6.64. The topological polar surface area (TPSA) is 34.0 Å². The Morgan fingerprint density at radius 3 is 2.77 bits per heavy atom. The quantitative estimate of drug-likeness (QED) is 0.872. The number of aromatic nitrogens is 3. The van der Waals surface area contributed by atoms with Crippen molar-refractivity contribution in [2.45, 2.75) is 44.7 Å². The Morgan fingerprint density at radius 2 is 1.86 bits per heavy atom. The third kappa shape index (κ3) is 2.68. The van der Waals surface area contributed by atoms with E-state index in [1.807, 2.05) is 30.7 Å². The highest BCUT2D eigenvalue weighted by Crippen LogP contribution is 2.32. The van der Waals surface area contributed by atoms with Crippen molar-refractivity contribution in [2.75, 3.05) is 13.1 Å². The molecule has 2 aliphatic rings.